The number of piperidine rings is 1. The van der Waals surface area contributed by atoms with Crippen molar-refractivity contribution < 1.29 is 13.9 Å². The first-order chi connectivity index (χ1) is 26.1. The molecular weight excluding hydrogens is 681 g/mol. The second-order valence-electron chi connectivity index (χ2n) is 21.1. The Bertz CT molecular complexity index is 1980. The second kappa shape index (κ2) is 12.8. The maximum Gasteiger partial charge on any atom is 0.313 e. The summed E-state index contributed by atoms with van der Waals surface area (Å²) in [6.45, 7) is 21.1. The number of aromatic nitrogens is 2. The number of rotatable bonds is 6. The van der Waals surface area contributed by atoms with Crippen LogP contribution in [0.5, 0.6) is 0 Å². The van der Waals surface area contributed by atoms with Gasteiger partial charge in [-0.25, -0.2) is 0 Å². The Labute approximate surface area is 329 Å². The molecule has 0 amide bonds. The van der Waals surface area contributed by atoms with Gasteiger partial charge in [0.05, 0.1) is 23.9 Å². The van der Waals surface area contributed by atoms with Gasteiger partial charge >= 0.3 is 5.97 Å². The highest BCUT2D eigenvalue weighted by atomic mass is 16.5. The molecule has 4 fully saturated rings. The molecular formula is C48H66N4O3. The van der Waals surface area contributed by atoms with Gasteiger partial charge in [-0.15, -0.1) is 0 Å². The summed E-state index contributed by atoms with van der Waals surface area (Å²) in [5.74, 6) is 2.90. The number of furan rings is 1. The molecule has 7 nitrogen and oxygen atoms in total. The minimum Gasteiger partial charge on any atom is -0.467 e. The molecule has 7 atom stereocenters. The van der Waals surface area contributed by atoms with Gasteiger partial charge in [-0.05, 0) is 140 Å². The van der Waals surface area contributed by atoms with Crippen molar-refractivity contribution in [2.75, 3.05) is 18.8 Å². The number of nitrogens with zero attached hydrogens (tertiary/aromatic N) is 2. The third-order valence-electron chi connectivity index (χ3n) is 17.4. The van der Waals surface area contributed by atoms with E-state index in [9.17, 15) is 4.79 Å². The quantitative estimate of drug-likeness (QED) is 0.244. The smallest absolute Gasteiger partial charge is 0.313 e. The molecule has 2 aromatic heterocycles. The average molecular weight is 747 g/mol. The Morgan fingerprint density at radius 1 is 0.945 bits per heavy atom. The number of benzene rings is 1. The minimum absolute atomic E-state index is 0.0198. The molecule has 0 radical (unpaired) electrons. The van der Waals surface area contributed by atoms with Crippen LogP contribution in [0.4, 0.5) is 5.82 Å². The summed E-state index contributed by atoms with van der Waals surface area (Å²) in [5.41, 5.74) is 14.0. The number of H-pyrrole nitrogens is 1. The van der Waals surface area contributed by atoms with Gasteiger partial charge in [-0.1, -0.05) is 90.8 Å². The lowest BCUT2D eigenvalue weighted by atomic mass is 9.32. The number of hydrogen-bond acceptors (Lipinski definition) is 6. The molecule has 7 heteroatoms. The number of ether oxygens (including phenoxy) is 1. The number of carbonyl (C=O) groups is 1. The van der Waals surface area contributed by atoms with Crippen molar-refractivity contribution in [3.05, 3.63) is 76.4 Å². The zero-order valence-electron chi connectivity index (χ0n) is 34.8. The molecule has 6 aliphatic rings. The summed E-state index contributed by atoms with van der Waals surface area (Å²) >= 11 is 0. The van der Waals surface area contributed by atoms with Crippen LogP contribution in [0.1, 0.15) is 147 Å². The van der Waals surface area contributed by atoms with E-state index in [1.165, 1.54) is 54.5 Å². The molecule has 1 aliphatic heterocycles. The predicted molar refractivity (Wildman–Crippen MR) is 219 cm³/mol. The zero-order chi connectivity index (χ0) is 38.6. The number of allylic oxidation sites excluding steroid dienone is 2. The van der Waals surface area contributed by atoms with Gasteiger partial charge < -0.3 is 14.9 Å². The van der Waals surface area contributed by atoms with Crippen LogP contribution in [-0.2, 0) is 34.5 Å². The van der Waals surface area contributed by atoms with Crippen molar-refractivity contribution in [1.82, 2.24) is 15.1 Å². The number of fused-ring (bicyclic) bond motifs is 8. The van der Waals surface area contributed by atoms with Crippen LogP contribution in [0, 0.1) is 44.8 Å². The Balaban J connectivity index is 1.22. The Hall–Kier alpha value is -3.32. The summed E-state index contributed by atoms with van der Waals surface area (Å²) in [4.78, 5) is 17.5. The normalized spacial score (nSPS) is 36.5. The lowest BCUT2D eigenvalue weighted by Crippen LogP contribution is -2.65. The summed E-state index contributed by atoms with van der Waals surface area (Å²) < 4.78 is 13.0. The molecule has 3 N–H and O–H groups in total. The maximum atomic E-state index is 14.9. The molecule has 296 valence electrons. The van der Waals surface area contributed by atoms with Crippen molar-refractivity contribution in [2.24, 2.45) is 44.8 Å². The number of nitrogens with one attached hydrogen (secondary N) is 1. The predicted octanol–water partition coefficient (Wildman–Crippen LogP) is 10.7. The SMILES string of the molecule is CC1(C)CC[C@]2(C(=O)OCc3ccccc3)CC[C@]3(C)C(=C(c4ccoc4CN4CCCCC4)CC4[C@@]5(C)Cc6c(n[nH]c6N)C(C)(C)[C@@H]5CC[C@]43C)[C@@H]2C1. The molecule has 1 unspecified atom stereocenters. The van der Waals surface area contributed by atoms with Gasteiger partial charge in [0.25, 0.3) is 0 Å². The fourth-order valence-electron chi connectivity index (χ4n) is 14.3. The van der Waals surface area contributed by atoms with Gasteiger partial charge in [0, 0.05) is 16.5 Å². The lowest BCUT2D eigenvalue weighted by Gasteiger charge is -2.71. The van der Waals surface area contributed by atoms with Crippen molar-refractivity contribution in [3.8, 4) is 0 Å². The number of anilines is 1. The number of nitrogen functional groups attached to an aromatic ring is 1. The number of aromatic amines is 1. The van der Waals surface area contributed by atoms with E-state index in [0.717, 1.165) is 81.7 Å². The number of hydrogen-bond donors (Lipinski definition) is 2. The first-order valence-electron chi connectivity index (χ1n) is 21.7. The highest BCUT2D eigenvalue weighted by Crippen LogP contribution is 2.77. The van der Waals surface area contributed by atoms with Crippen molar-refractivity contribution >= 4 is 17.4 Å². The van der Waals surface area contributed by atoms with E-state index >= 15 is 0 Å². The minimum atomic E-state index is -0.529. The summed E-state index contributed by atoms with van der Waals surface area (Å²) in [6, 6.07) is 12.5. The van der Waals surface area contributed by atoms with E-state index in [0.29, 0.717) is 18.4 Å². The molecule has 9 rings (SSSR count). The molecule has 55 heavy (non-hydrogen) atoms. The summed E-state index contributed by atoms with van der Waals surface area (Å²) in [5, 5.41) is 8.06. The molecule has 3 aromatic rings. The lowest BCUT2D eigenvalue weighted by molar-refractivity contribution is -0.181. The monoisotopic (exact) mass is 747 g/mol. The van der Waals surface area contributed by atoms with E-state index in [2.05, 4.69) is 76.7 Å². The number of carbonyl (C=O) groups excluding carboxylic acids is 1. The van der Waals surface area contributed by atoms with Gasteiger partial charge in [0.1, 0.15) is 18.2 Å². The van der Waals surface area contributed by atoms with Gasteiger partial charge in [0.2, 0.25) is 0 Å². The van der Waals surface area contributed by atoms with Gasteiger partial charge in [0.15, 0.2) is 0 Å². The second-order valence-corrected chi connectivity index (χ2v) is 21.1. The fourth-order valence-corrected chi connectivity index (χ4v) is 14.3. The van der Waals surface area contributed by atoms with Crippen LogP contribution < -0.4 is 5.73 Å². The molecule has 0 bridgehead atoms. The Morgan fingerprint density at radius 2 is 1.69 bits per heavy atom. The summed E-state index contributed by atoms with van der Waals surface area (Å²) in [6.07, 6.45) is 14.9. The molecule has 3 saturated carbocycles. The van der Waals surface area contributed by atoms with E-state index in [4.69, 9.17) is 20.0 Å². The standard InChI is InChI=1S/C48H66N4O3/c1-43(2)19-21-48(42(53)55-30-31-14-10-8-11-15-31)22-20-47(7)39(35(48)28-43)33(32-17-25-54-36(32)29-52-23-12-9-13-24-52)26-38-45(5)27-34-40(50-51-41(34)49)44(3,4)37(45)16-18-46(38,47)6/h8,10-11,14-15,17,25,35,37-38H,9,12-13,16,18-24,26-30H2,1-7H3,(H3,49,50,51)/t35-,37-,38?,45-,46+,47+,48-/m0/s1. The molecule has 1 saturated heterocycles. The Kier molecular flexibility index (Phi) is 8.70. The van der Waals surface area contributed by atoms with Crippen LogP contribution in [0.3, 0.4) is 0 Å². The van der Waals surface area contributed by atoms with Crippen LogP contribution in [-0.4, -0.2) is 34.2 Å². The highest BCUT2D eigenvalue weighted by molar-refractivity contribution is 5.82. The maximum absolute atomic E-state index is 14.9. The van der Waals surface area contributed by atoms with Crippen molar-refractivity contribution in [2.45, 2.75) is 144 Å². The third kappa shape index (κ3) is 5.51. The molecule has 3 heterocycles. The van der Waals surface area contributed by atoms with Gasteiger partial charge in [-0.3, -0.25) is 14.8 Å². The number of likely N-dealkylation sites (tertiary alicyclic amines) is 1. The van der Waals surface area contributed by atoms with Crippen molar-refractivity contribution in [3.63, 3.8) is 0 Å². The first-order valence-corrected chi connectivity index (χ1v) is 21.7. The van der Waals surface area contributed by atoms with E-state index < -0.39 is 5.41 Å². The van der Waals surface area contributed by atoms with Crippen LogP contribution >= 0.6 is 0 Å². The fraction of sp³-hybridized carbons (Fsp3) is 0.667. The molecule has 0 spiro atoms. The first kappa shape index (κ1) is 37.3. The zero-order valence-corrected chi connectivity index (χ0v) is 34.8. The molecule has 5 aliphatic carbocycles. The third-order valence-corrected chi connectivity index (χ3v) is 17.4. The van der Waals surface area contributed by atoms with Crippen molar-refractivity contribution in [1.29, 1.82) is 0 Å². The topological polar surface area (TPSA) is 97.4 Å². The largest absolute Gasteiger partial charge is 0.467 e. The van der Waals surface area contributed by atoms with Gasteiger partial charge in [-0.2, -0.15) is 5.10 Å². The highest BCUT2D eigenvalue weighted by Gasteiger charge is 2.70. The Morgan fingerprint density at radius 3 is 2.45 bits per heavy atom. The number of esters is 1. The summed E-state index contributed by atoms with van der Waals surface area (Å²) in [7, 11) is 0. The van der Waals surface area contributed by atoms with Crippen LogP contribution in [0.25, 0.3) is 5.57 Å². The number of nitrogens with two attached hydrogens (primary N) is 1. The molecule has 1 aromatic carbocycles. The van der Waals surface area contributed by atoms with Crippen LogP contribution in [0.2, 0.25) is 0 Å². The van der Waals surface area contributed by atoms with Crippen LogP contribution in [0.15, 0.2) is 52.7 Å². The average Bonchev–Trinajstić information content (AvgIpc) is 3.77. The van der Waals surface area contributed by atoms with E-state index in [-0.39, 0.29) is 39.0 Å². The van der Waals surface area contributed by atoms with E-state index in [1.54, 1.807) is 5.57 Å². The van der Waals surface area contributed by atoms with E-state index in [1.807, 2.05) is 24.5 Å².